The molecule has 0 aromatic carbocycles. The summed E-state index contributed by atoms with van der Waals surface area (Å²) in [5.41, 5.74) is 7.27. The van der Waals surface area contributed by atoms with E-state index in [4.69, 9.17) is 14.9 Å². The number of hydrogen-bond donors (Lipinski definition) is 2. The van der Waals surface area contributed by atoms with Gasteiger partial charge in [0, 0.05) is 31.4 Å². The van der Waals surface area contributed by atoms with Crippen molar-refractivity contribution < 1.29 is 9.15 Å². The molecule has 2 fully saturated rings. The lowest BCUT2D eigenvalue weighted by atomic mass is 9.95. The van der Waals surface area contributed by atoms with Gasteiger partial charge in [-0.2, -0.15) is 0 Å². The number of nitrogens with one attached hydrogen (secondary N) is 1. The minimum absolute atomic E-state index is 0.163. The van der Waals surface area contributed by atoms with Crippen LogP contribution in [0, 0.1) is 0 Å². The number of rotatable bonds is 2. The van der Waals surface area contributed by atoms with E-state index >= 15 is 0 Å². The van der Waals surface area contributed by atoms with Gasteiger partial charge in [-0.1, -0.05) is 6.42 Å². The number of anilines is 1. The Balaban J connectivity index is 0.000000361. The van der Waals surface area contributed by atoms with Gasteiger partial charge in [0.05, 0.1) is 24.3 Å². The highest BCUT2D eigenvalue weighted by molar-refractivity contribution is 5.92. The first-order valence-corrected chi connectivity index (χ1v) is 10.7. The van der Waals surface area contributed by atoms with Gasteiger partial charge >= 0.3 is 0 Å². The number of nitrogens with zero attached hydrogens (tertiary/aromatic N) is 4. The van der Waals surface area contributed by atoms with Crippen LogP contribution in [0.25, 0.3) is 28.1 Å². The van der Waals surface area contributed by atoms with Crippen LogP contribution in [0.2, 0.25) is 0 Å². The molecule has 1 aliphatic heterocycles. The number of imidazole rings is 1. The number of nitrogens with two attached hydrogens (primary N) is 1. The predicted molar refractivity (Wildman–Crippen MR) is 118 cm³/mol. The smallest absolute Gasteiger partial charge is 0.263 e. The molecule has 1 aliphatic carbocycles. The monoisotopic (exact) mass is 422 g/mol. The Labute approximate surface area is 178 Å². The van der Waals surface area contributed by atoms with Crippen molar-refractivity contribution in [3.63, 3.8) is 0 Å². The Morgan fingerprint density at radius 3 is 2.81 bits per heavy atom. The van der Waals surface area contributed by atoms with Crippen molar-refractivity contribution in [2.24, 2.45) is 5.73 Å². The van der Waals surface area contributed by atoms with Gasteiger partial charge < -0.3 is 19.8 Å². The molecule has 1 saturated heterocycles. The number of aromatic nitrogens is 4. The first kappa shape index (κ1) is 19.8. The first-order valence-electron chi connectivity index (χ1n) is 10.7. The third-order valence-corrected chi connectivity index (χ3v) is 5.76. The van der Waals surface area contributed by atoms with Gasteiger partial charge in [-0.05, 0) is 38.0 Å². The fourth-order valence-corrected chi connectivity index (χ4v) is 3.85. The zero-order valence-corrected chi connectivity index (χ0v) is 17.5. The van der Waals surface area contributed by atoms with Crippen molar-refractivity contribution in [2.45, 2.75) is 38.3 Å². The number of aromatic amines is 1. The molecule has 9 nitrogen and oxygen atoms in total. The highest BCUT2D eigenvalue weighted by Crippen LogP contribution is 2.33. The van der Waals surface area contributed by atoms with E-state index in [1.54, 1.807) is 23.0 Å². The van der Waals surface area contributed by atoms with Gasteiger partial charge in [-0.15, -0.1) is 0 Å². The van der Waals surface area contributed by atoms with E-state index in [9.17, 15) is 4.79 Å². The van der Waals surface area contributed by atoms with Crippen molar-refractivity contribution >= 4 is 22.4 Å². The second kappa shape index (κ2) is 8.16. The van der Waals surface area contributed by atoms with Gasteiger partial charge in [0.15, 0.2) is 11.4 Å². The largest absolute Gasteiger partial charge is 0.454 e. The summed E-state index contributed by atoms with van der Waals surface area (Å²) < 4.78 is 13.3. The Morgan fingerprint density at radius 1 is 1.23 bits per heavy atom. The van der Waals surface area contributed by atoms with Crippen molar-refractivity contribution in [3.05, 3.63) is 47.0 Å². The Bertz CT molecular complexity index is 1260. The molecule has 0 spiro atoms. The molecule has 31 heavy (non-hydrogen) atoms. The summed E-state index contributed by atoms with van der Waals surface area (Å²) in [6, 6.07) is 7.49. The number of ether oxygens (including phenoxy) is 1. The summed E-state index contributed by atoms with van der Waals surface area (Å²) in [4.78, 5) is 22.8. The van der Waals surface area contributed by atoms with Gasteiger partial charge in [0.25, 0.3) is 5.56 Å². The third-order valence-electron chi connectivity index (χ3n) is 5.76. The molecule has 1 atom stereocenters. The van der Waals surface area contributed by atoms with E-state index in [1.807, 2.05) is 12.1 Å². The lowest BCUT2D eigenvalue weighted by Crippen LogP contribution is -2.41. The average molecular weight is 422 g/mol. The molecular weight excluding hydrogens is 396 g/mol. The molecule has 0 radical (unpaired) electrons. The molecule has 1 unspecified atom stereocenters. The third kappa shape index (κ3) is 3.94. The summed E-state index contributed by atoms with van der Waals surface area (Å²) in [6.45, 7) is 4.32. The standard InChI is InChI=1S/C18H17N5O3.C4H9N/c1-11-10-22(6-7-25-11)18-12-8-15(26-14(12)4-5-19-18)13-9-20-16-2-3-17(24)21-23(13)16;5-4-2-1-3-4/h2-5,8-9,11H,6-7,10H2,1H3,(H,21,24);4H,1-3,5H2. The fourth-order valence-electron chi connectivity index (χ4n) is 3.85. The average Bonchev–Trinajstić information content (AvgIpc) is 3.36. The second-order valence-electron chi connectivity index (χ2n) is 8.12. The maximum absolute atomic E-state index is 11.7. The van der Waals surface area contributed by atoms with E-state index in [1.165, 1.54) is 25.3 Å². The van der Waals surface area contributed by atoms with Crippen LogP contribution in [-0.2, 0) is 4.74 Å². The SMILES string of the molecule is CC1CN(c2nccc3oc(-c4cnc5ccc(=O)[nH]n45)cc23)CCO1.NC1CCC1. The molecule has 2 aliphatic rings. The number of pyridine rings is 1. The van der Waals surface area contributed by atoms with Gasteiger partial charge in [0.1, 0.15) is 17.1 Å². The topological polar surface area (TPSA) is 115 Å². The van der Waals surface area contributed by atoms with E-state index in [-0.39, 0.29) is 11.7 Å². The van der Waals surface area contributed by atoms with E-state index < -0.39 is 0 Å². The normalized spacial score (nSPS) is 19.3. The maximum atomic E-state index is 11.7. The molecule has 6 rings (SSSR count). The minimum Gasteiger partial charge on any atom is -0.454 e. The highest BCUT2D eigenvalue weighted by Gasteiger charge is 2.22. The summed E-state index contributed by atoms with van der Waals surface area (Å²) in [7, 11) is 0. The number of fused-ring (bicyclic) bond motifs is 2. The first-order chi connectivity index (χ1) is 15.1. The molecule has 9 heteroatoms. The molecule has 3 N–H and O–H groups in total. The lowest BCUT2D eigenvalue weighted by Gasteiger charge is -2.32. The molecule has 4 aromatic heterocycles. The van der Waals surface area contributed by atoms with E-state index in [0.717, 1.165) is 29.9 Å². The quantitative estimate of drug-likeness (QED) is 0.510. The van der Waals surface area contributed by atoms with Crippen molar-refractivity contribution in [1.29, 1.82) is 0 Å². The van der Waals surface area contributed by atoms with Crippen LogP contribution in [-0.4, -0.2) is 51.4 Å². The van der Waals surface area contributed by atoms with Crippen molar-refractivity contribution in [2.75, 3.05) is 24.6 Å². The molecule has 5 heterocycles. The van der Waals surface area contributed by atoms with Crippen LogP contribution in [0.5, 0.6) is 0 Å². The summed E-state index contributed by atoms with van der Waals surface area (Å²) in [5.74, 6) is 1.51. The Kier molecular flexibility index (Phi) is 5.21. The van der Waals surface area contributed by atoms with Crippen LogP contribution in [0.4, 0.5) is 5.82 Å². The van der Waals surface area contributed by atoms with Gasteiger partial charge in [0.2, 0.25) is 0 Å². The Hall–Kier alpha value is -3.17. The van der Waals surface area contributed by atoms with Crippen LogP contribution >= 0.6 is 0 Å². The van der Waals surface area contributed by atoms with Crippen molar-refractivity contribution in [3.8, 4) is 11.5 Å². The zero-order chi connectivity index (χ0) is 21.4. The molecule has 162 valence electrons. The van der Waals surface area contributed by atoms with E-state index in [0.29, 0.717) is 29.8 Å². The number of hydrogen-bond acceptors (Lipinski definition) is 7. The zero-order valence-electron chi connectivity index (χ0n) is 17.5. The summed E-state index contributed by atoms with van der Waals surface area (Å²) >= 11 is 0. The molecule has 1 saturated carbocycles. The van der Waals surface area contributed by atoms with E-state index in [2.05, 4.69) is 26.9 Å². The number of H-pyrrole nitrogens is 1. The van der Waals surface area contributed by atoms with Gasteiger partial charge in [-0.25, -0.2) is 14.5 Å². The van der Waals surface area contributed by atoms with Crippen LogP contribution in [0.15, 0.2) is 45.9 Å². The molecule has 0 amide bonds. The second-order valence-corrected chi connectivity index (χ2v) is 8.12. The highest BCUT2D eigenvalue weighted by atomic mass is 16.5. The van der Waals surface area contributed by atoms with Crippen LogP contribution < -0.4 is 16.2 Å². The van der Waals surface area contributed by atoms with Crippen LogP contribution in [0.3, 0.4) is 0 Å². The Morgan fingerprint density at radius 2 is 2.06 bits per heavy atom. The summed E-state index contributed by atoms with van der Waals surface area (Å²) in [5, 5.41) is 3.70. The lowest BCUT2D eigenvalue weighted by molar-refractivity contribution is 0.0530. The number of morpholine rings is 1. The number of furan rings is 1. The van der Waals surface area contributed by atoms with Crippen molar-refractivity contribution in [1.82, 2.24) is 19.6 Å². The molecule has 0 bridgehead atoms. The minimum atomic E-state index is -0.197. The van der Waals surface area contributed by atoms with Crippen LogP contribution in [0.1, 0.15) is 26.2 Å². The molecular formula is C22H26N6O3. The maximum Gasteiger partial charge on any atom is 0.263 e. The van der Waals surface area contributed by atoms with Gasteiger partial charge in [-0.3, -0.25) is 9.89 Å². The predicted octanol–water partition coefficient (Wildman–Crippen LogP) is 2.55. The molecule has 4 aromatic rings. The summed E-state index contributed by atoms with van der Waals surface area (Å²) in [6.07, 6.45) is 7.49. The fraction of sp³-hybridized carbons (Fsp3) is 0.409.